The summed E-state index contributed by atoms with van der Waals surface area (Å²) in [6.07, 6.45) is 2.04. The average molecular weight is 355 g/mol. The van der Waals surface area contributed by atoms with Gasteiger partial charge in [-0.1, -0.05) is 0 Å². The third-order valence-electron chi connectivity index (χ3n) is 4.27. The van der Waals surface area contributed by atoms with Crippen LogP contribution in [0, 0.1) is 6.92 Å². The minimum atomic E-state index is -1.05. The minimum Gasteiger partial charge on any atom is -0.493 e. The van der Waals surface area contributed by atoms with E-state index in [-0.39, 0.29) is 6.42 Å². The maximum absolute atomic E-state index is 11.3. The molecule has 136 valence electrons. The molecular formula is C19H21N3O4. The van der Waals surface area contributed by atoms with Crippen molar-refractivity contribution in [1.29, 1.82) is 0 Å². The molecule has 0 aliphatic heterocycles. The predicted molar refractivity (Wildman–Crippen MR) is 97.8 cm³/mol. The number of nitrogens with zero attached hydrogens (tertiary/aromatic N) is 2. The number of fused-ring (bicyclic) bond motifs is 1. The summed E-state index contributed by atoms with van der Waals surface area (Å²) in [5.41, 5.74) is 9.81. The number of aromatic nitrogens is 2. The molecule has 2 aromatic heterocycles. The van der Waals surface area contributed by atoms with Crippen molar-refractivity contribution in [3.05, 3.63) is 47.8 Å². The Morgan fingerprint density at radius 1 is 1.23 bits per heavy atom. The summed E-state index contributed by atoms with van der Waals surface area (Å²) >= 11 is 0. The quantitative estimate of drug-likeness (QED) is 0.704. The molecule has 3 aromatic rings. The van der Waals surface area contributed by atoms with E-state index in [4.69, 9.17) is 20.2 Å². The molecule has 0 aliphatic rings. The van der Waals surface area contributed by atoms with E-state index in [1.165, 1.54) is 0 Å². The zero-order valence-electron chi connectivity index (χ0n) is 14.9. The number of methoxy groups -OCH3 is 2. The summed E-state index contributed by atoms with van der Waals surface area (Å²) in [5.74, 6) is 0.136. The second-order valence-electron chi connectivity index (χ2n) is 6.06. The van der Waals surface area contributed by atoms with Crippen molar-refractivity contribution in [2.75, 3.05) is 14.2 Å². The van der Waals surface area contributed by atoms with Crippen molar-refractivity contribution in [3.8, 4) is 22.8 Å². The normalized spacial score (nSPS) is 12.2. The molecule has 1 aromatic carbocycles. The average Bonchev–Trinajstić information content (AvgIpc) is 2.98. The van der Waals surface area contributed by atoms with Crippen LogP contribution < -0.4 is 15.2 Å². The van der Waals surface area contributed by atoms with Crippen LogP contribution in [0.2, 0.25) is 0 Å². The highest BCUT2D eigenvalue weighted by Gasteiger charge is 2.21. The Kier molecular flexibility index (Phi) is 4.81. The van der Waals surface area contributed by atoms with Crippen molar-refractivity contribution >= 4 is 11.6 Å². The Morgan fingerprint density at radius 2 is 1.96 bits per heavy atom. The number of benzene rings is 1. The number of hydrogen-bond acceptors (Lipinski definition) is 5. The summed E-state index contributed by atoms with van der Waals surface area (Å²) in [5, 5.41) is 9.22. The van der Waals surface area contributed by atoms with E-state index in [1.54, 1.807) is 20.3 Å². The van der Waals surface area contributed by atoms with Gasteiger partial charge in [0, 0.05) is 18.2 Å². The number of pyridine rings is 1. The molecule has 3 rings (SSSR count). The number of ether oxygens (including phenoxy) is 2. The third kappa shape index (κ3) is 3.21. The highest BCUT2D eigenvalue weighted by Crippen LogP contribution is 2.34. The fourth-order valence-corrected chi connectivity index (χ4v) is 2.90. The lowest BCUT2D eigenvalue weighted by atomic mass is 10.0. The summed E-state index contributed by atoms with van der Waals surface area (Å²) < 4.78 is 12.5. The molecule has 1 atom stereocenters. The Labute approximate surface area is 151 Å². The topological polar surface area (TPSA) is 99.1 Å². The molecule has 2 heterocycles. The summed E-state index contributed by atoms with van der Waals surface area (Å²) in [7, 11) is 3.14. The molecule has 0 amide bonds. The molecule has 0 radical (unpaired) electrons. The van der Waals surface area contributed by atoms with Gasteiger partial charge in [-0.15, -0.1) is 0 Å². The molecule has 0 saturated carbocycles. The van der Waals surface area contributed by atoms with Crippen molar-refractivity contribution < 1.29 is 19.4 Å². The van der Waals surface area contributed by atoms with Crippen LogP contribution in [-0.2, 0) is 11.2 Å². The zero-order valence-corrected chi connectivity index (χ0v) is 14.9. The van der Waals surface area contributed by atoms with Crippen LogP contribution in [0.15, 0.2) is 36.5 Å². The lowest BCUT2D eigenvalue weighted by Crippen LogP contribution is -2.32. The van der Waals surface area contributed by atoms with Gasteiger partial charge in [0.1, 0.15) is 11.7 Å². The first-order valence-electron chi connectivity index (χ1n) is 8.13. The summed E-state index contributed by atoms with van der Waals surface area (Å²) in [4.78, 5) is 16.0. The molecule has 0 spiro atoms. The van der Waals surface area contributed by atoms with Crippen LogP contribution in [0.4, 0.5) is 0 Å². The number of aryl methyl sites for hydroxylation is 1. The van der Waals surface area contributed by atoms with E-state index in [9.17, 15) is 9.90 Å². The molecule has 0 saturated heterocycles. The monoisotopic (exact) mass is 355 g/mol. The van der Waals surface area contributed by atoms with E-state index in [1.807, 2.05) is 41.8 Å². The van der Waals surface area contributed by atoms with Crippen LogP contribution in [-0.4, -0.2) is 40.7 Å². The van der Waals surface area contributed by atoms with Crippen LogP contribution >= 0.6 is 0 Å². The standard InChI is InChI=1S/C19H21N3O4/c1-11-6-7-22-14(10-13(20)19(23)24)18(21-17(22)8-11)12-4-5-15(25-2)16(9-12)26-3/h4-9,13H,10,20H2,1-3H3,(H,23,24). The highest BCUT2D eigenvalue weighted by atomic mass is 16.5. The van der Waals surface area contributed by atoms with Crippen molar-refractivity contribution in [1.82, 2.24) is 9.38 Å². The van der Waals surface area contributed by atoms with Crippen LogP contribution in [0.25, 0.3) is 16.9 Å². The molecule has 0 bridgehead atoms. The molecule has 7 heteroatoms. The van der Waals surface area contributed by atoms with E-state index < -0.39 is 12.0 Å². The summed E-state index contributed by atoms with van der Waals surface area (Å²) in [6, 6.07) is 8.36. The largest absolute Gasteiger partial charge is 0.493 e. The zero-order chi connectivity index (χ0) is 18.8. The Hall–Kier alpha value is -3.06. The number of aliphatic carboxylic acids is 1. The second kappa shape index (κ2) is 7.05. The van der Waals surface area contributed by atoms with E-state index in [0.29, 0.717) is 17.2 Å². The van der Waals surface area contributed by atoms with Gasteiger partial charge in [0.25, 0.3) is 0 Å². The third-order valence-corrected chi connectivity index (χ3v) is 4.27. The predicted octanol–water partition coefficient (Wildman–Crippen LogP) is 2.28. The van der Waals surface area contributed by atoms with Gasteiger partial charge in [-0.3, -0.25) is 4.79 Å². The first-order valence-corrected chi connectivity index (χ1v) is 8.13. The fourth-order valence-electron chi connectivity index (χ4n) is 2.90. The molecule has 0 aliphatic carbocycles. The minimum absolute atomic E-state index is 0.156. The maximum Gasteiger partial charge on any atom is 0.320 e. The first-order chi connectivity index (χ1) is 12.4. The number of rotatable bonds is 6. The van der Waals surface area contributed by atoms with Gasteiger partial charge >= 0.3 is 5.97 Å². The molecule has 1 unspecified atom stereocenters. The molecular weight excluding hydrogens is 334 g/mol. The van der Waals surface area contributed by atoms with Gasteiger partial charge in [-0.25, -0.2) is 4.98 Å². The first kappa shape index (κ1) is 17.8. The van der Waals surface area contributed by atoms with Gasteiger partial charge in [0.15, 0.2) is 11.5 Å². The second-order valence-corrected chi connectivity index (χ2v) is 6.06. The fraction of sp³-hybridized carbons (Fsp3) is 0.263. The van der Waals surface area contributed by atoms with Gasteiger partial charge in [0.2, 0.25) is 0 Å². The van der Waals surface area contributed by atoms with E-state index >= 15 is 0 Å². The van der Waals surface area contributed by atoms with Crippen molar-refractivity contribution in [2.24, 2.45) is 5.73 Å². The maximum atomic E-state index is 11.3. The van der Waals surface area contributed by atoms with Gasteiger partial charge in [0.05, 0.1) is 25.6 Å². The van der Waals surface area contributed by atoms with Crippen LogP contribution in [0.5, 0.6) is 11.5 Å². The molecule has 0 fully saturated rings. The number of carboxylic acids is 1. The van der Waals surface area contributed by atoms with Gasteiger partial charge < -0.3 is 24.7 Å². The Morgan fingerprint density at radius 3 is 2.62 bits per heavy atom. The van der Waals surface area contributed by atoms with Crippen molar-refractivity contribution in [3.63, 3.8) is 0 Å². The Bertz CT molecular complexity index is 965. The number of nitrogens with two attached hydrogens (primary N) is 1. The number of carboxylic acid groups (broad SMARTS) is 1. The van der Waals surface area contributed by atoms with Crippen LogP contribution in [0.3, 0.4) is 0 Å². The molecule has 3 N–H and O–H groups in total. The van der Waals surface area contributed by atoms with E-state index in [0.717, 1.165) is 22.5 Å². The highest BCUT2D eigenvalue weighted by molar-refractivity contribution is 5.75. The lowest BCUT2D eigenvalue weighted by Gasteiger charge is -2.11. The SMILES string of the molecule is COc1ccc(-c2nc3cc(C)ccn3c2CC(N)C(=O)O)cc1OC. The van der Waals surface area contributed by atoms with Crippen LogP contribution in [0.1, 0.15) is 11.3 Å². The lowest BCUT2D eigenvalue weighted by molar-refractivity contribution is -0.138. The summed E-state index contributed by atoms with van der Waals surface area (Å²) in [6.45, 7) is 1.98. The number of imidazole rings is 1. The Balaban J connectivity index is 2.19. The van der Waals surface area contributed by atoms with Crippen molar-refractivity contribution in [2.45, 2.75) is 19.4 Å². The smallest absolute Gasteiger partial charge is 0.320 e. The van der Waals surface area contributed by atoms with Gasteiger partial charge in [-0.2, -0.15) is 0 Å². The number of carbonyl (C=O) groups is 1. The number of hydrogen-bond donors (Lipinski definition) is 2. The molecule has 26 heavy (non-hydrogen) atoms. The van der Waals surface area contributed by atoms with Gasteiger partial charge in [-0.05, 0) is 42.8 Å². The van der Waals surface area contributed by atoms with E-state index in [2.05, 4.69) is 0 Å². The molecule has 7 nitrogen and oxygen atoms in total.